The number of hydrogen-bond acceptors (Lipinski definition) is 4. The highest BCUT2D eigenvalue weighted by molar-refractivity contribution is 6.10. The smallest absolute Gasteiger partial charge is 0.263 e. The summed E-state index contributed by atoms with van der Waals surface area (Å²) in [6.45, 7) is 3.31. The first-order valence-corrected chi connectivity index (χ1v) is 7.37. The predicted molar refractivity (Wildman–Crippen MR) is 93.0 cm³/mol. The van der Waals surface area contributed by atoms with Gasteiger partial charge in [-0.15, -0.1) is 0 Å². The van der Waals surface area contributed by atoms with Crippen molar-refractivity contribution in [1.29, 1.82) is 0 Å². The summed E-state index contributed by atoms with van der Waals surface area (Å²) in [4.78, 5) is 24.1. The van der Waals surface area contributed by atoms with E-state index in [4.69, 9.17) is 9.47 Å². The highest BCUT2D eigenvalue weighted by atomic mass is 16.5. The second-order valence-corrected chi connectivity index (χ2v) is 5.22. The monoisotopic (exact) mass is 328 g/mol. The molecule has 0 aliphatic carbocycles. The van der Waals surface area contributed by atoms with Gasteiger partial charge in [0.25, 0.3) is 5.91 Å². The van der Waals surface area contributed by atoms with Crippen LogP contribution in [0.4, 0.5) is 11.4 Å². The van der Waals surface area contributed by atoms with Crippen LogP contribution in [0.15, 0.2) is 36.4 Å². The molecule has 0 bridgehead atoms. The highest BCUT2D eigenvalue weighted by Gasteiger charge is 2.19. The topological polar surface area (TPSA) is 76.7 Å². The van der Waals surface area contributed by atoms with Crippen LogP contribution < -0.4 is 20.1 Å². The molecule has 0 saturated carbocycles. The summed E-state index contributed by atoms with van der Waals surface area (Å²) < 4.78 is 10.5. The predicted octanol–water partition coefficient (Wildman–Crippen LogP) is 3.22. The average molecular weight is 328 g/mol. The molecule has 2 aromatic rings. The van der Waals surface area contributed by atoms with Crippen molar-refractivity contribution in [3.8, 4) is 11.5 Å². The Morgan fingerprint density at radius 2 is 1.54 bits per heavy atom. The Kier molecular flexibility index (Phi) is 5.42. The Morgan fingerprint density at radius 3 is 2.08 bits per heavy atom. The highest BCUT2D eigenvalue weighted by Crippen LogP contribution is 2.30. The van der Waals surface area contributed by atoms with Gasteiger partial charge in [-0.05, 0) is 36.8 Å². The van der Waals surface area contributed by atoms with E-state index in [1.165, 1.54) is 21.1 Å². The van der Waals surface area contributed by atoms with Gasteiger partial charge in [0.05, 0.1) is 25.6 Å². The molecule has 2 aromatic carbocycles. The van der Waals surface area contributed by atoms with Gasteiger partial charge in [0.1, 0.15) is 17.1 Å². The van der Waals surface area contributed by atoms with Crippen LogP contribution in [0.25, 0.3) is 0 Å². The second-order valence-electron chi connectivity index (χ2n) is 5.22. The van der Waals surface area contributed by atoms with Crippen LogP contribution in [-0.2, 0) is 4.79 Å². The zero-order valence-corrected chi connectivity index (χ0v) is 14.1. The molecule has 2 amide bonds. The molecule has 0 heterocycles. The molecule has 2 rings (SSSR count). The fourth-order valence-electron chi connectivity index (χ4n) is 2.32. The number of methoxy groups -OCH3 is 2. The molecule has 6 nitrogen and oxygen atoms in total. The molecular weight excluding hydrogens is 308 g/mol. The Balaban J connectivity index is 2.40. The number of benzene rings is 2. The molecule has 0 aliphatic heterocycles. The summed E-state index contributed by atoms with van der Waals surface area (Å²) in [5.41, 5.74) is 2.27. The van der Waals surface area contributed by atoms with Gasteiger partial charge in [0.2, 0.25) is 5.91 Å². The number of aryl methyl sites for hydroxylation is 1. The van der Waals surface area contributed by atoms with Crippen molar-refractivity contribution in [3.05, 3.63) is 47.5 Å². The second kappa shape index (κ2) is 7.50. The fraction of sp³-hybridized carbons (Fsp3) is 0.222. The number of rotatable bonds is 5. The van der Waals surface area contributed by atoms with Crippen LogP contribution in [0, 0.1) is 6.92 Å². The lowest BCUT2D eigenvalue weighted by molar-refractivity contribution is -0.114. The summed E-state index contributed by atoms with van der Waals surface area (Å²) >= 11 is 0. The zero-order valence-electron chi connectivity index (χ0n) is 14.1. The number of ether oxygens (including phenoxy) is 2. The van der Waals surface area contributed by atoms with Crippen molar-refractivity contribution in [2.24, 2.45) is 0 Å². The summed E-state index contributed by atoms with van der Waals surface area (Å²) in [7, 11) is 2.97. The minimum atomic E-state index is -0.387. The van der Waals surface area contributed by atoms with E-state index in [1.54, 1.807) is 30.3 Å². The van der Waals surface area contributed by atoms with Crippen molar-refractivity contribution >= 4 is 23.2 Å². The number of carbonyl (C=O) groups excluding carboxylic acids is 2. The van der Waals surface area contributed by atoms with Crippen molar-refractivity contribution in [2.75, 3.05) is 24.9 Å². The molecule has 24 heavy (non-hydrogen) atoms. The van der Waals surface area contributed by atoms with Crippen molar-refractivity contribution < 1.29 is 19.1 Å². The molecule has 0 radical (unpaired) electrons. The summed E-state index contributed by atoms with van der Waals surface area (Å²) in [6.07, 6.45) is 0. The quantitative estimate of drug-likeness (QED) is 0.883. The van der Waals surface area contributed by atoms with Crippen LogP contribution in [0.2, 0.25) is 0 Å². The molecule has 0 fully saturated rings. The molecule has 0 aromatic heterocycles. The van der Waals surface area contributed by atoms with E-state index in [1.807, 2.05) is 13.0 Å². The average Bonchev–Trinajstić information content (AvgIpc) is 2.56. The summed E-state index contributed by atoms with van der Waals surface area (Å²) in [5, 5.41) is 5.51. The van der Waals surface area contributed by atoms with Crippen LogP contribution in [-0.4, -0.2) is 26.0 Å². The van der Waals surface area contributed by atoms with E-state index in [0.29, 0.717) is 22.9 Å². The number of amides is 2. The van der Waals surface area contributed by atoms with Gasteiger partial charge in [-0.1, -0.05) is 12.1 Å². The van der Waals surface area contributed by atoms with E-state index in [9.17, 15) is 9.59 Å². The molecule has 0 spiro atoms. The minimum absolute atomic E-state index is 0.218. The van der Waals surface area contributed by atoms with E-state index in [-0.39, 0.29) is 17.4 Å². The first-order valence-electron chi connectivity index (χ1n) is 7.37. The van der Waals surface area contributed by atoms with Gasteiger partial charge in [-0.3, -0.25) is 9.59 Å². The third kappa shape index (κ3) is 3.84. The van der Waals surface area contributed by atoms with Crippen LogP contribution >= 0.6 is 0 Å². The SMILES string of the molecule is COc1cccc(OC)c1C(=O)Nc1cc(C)ccc1NC(C)=O. The van der Waals surface area contributed by atoms with E-state index >= 15 is 0 Å². The lowest BCUT2D eigenvalue weighted by Gasteiger charge is -2.15. The molecule has 0 unspecified atom stereocenters. The first-order chi connectivity index (χ1) is 11.5. The van der Waals surface area contributed by atoms with Gasteiger partial charge >= 0.3 is 0 Å². The number of hydrogen-bond donors (Lipinski definition) is 2. The van der Waals surface area contributed by atoms with Gasteiger partial charge in [0, 0.05) is 6.92 Å². The van der Waals surface area contributed by atoms with Crippen LogP contribution in [0.3, 0.4) is 0 Å². The Morgan fingerprint density at radius 1 is 0.917 bits per heavy atom. The standard InChI is InChI=1S/C18H20N2O4/c1-11-8-9-13(19-12(2)21)14(10-11)20-18(22)17-15(23-3)6-5-7-16(17)24-4/h5-10H,1-4H3,(H,19,21)(H,20,22). The lowest BCUT2D eigenvalue weighted by atomic mass is 10.1. The van der Waals surface area contributed by atoms with Crippen molar-refractivity contribution in [3.63, 3.8) is 0 Å². The Hall–Kier alpha value is -3.02. The van der Waals surface area contributed by atoms with Crippen LogP contribution in [0.5, 0.6) is 11.5 Å². The molecule has 0 aliphatic rings. The van der Waals surface area contributed by atoms with Gasteiger partial charge in [0.15, 0.2) is 0 Å². The third-order valence-electron chi connectivity index (χ3n) is 3.39. The zero-order chi connectivity index (χ0) is 17.7. The Bertz CT molecular complexity index is 749. The van der Waals surface area contributed by atoms with E-state index < -0.39 is 0 Å². The largest absolute Gasteiger partial charge is 0.496 e. The maximum absolute atomic E-state index is 12.7. The maximum Gasteiger partial charge on any atom is 0.263 e. The molecule has 6 heteroatoms. The number of nitrogens with one attached hydrogen (secondary N) is 2. The van der Waals surface area contributed by atoms with Gasteiger partial charge in [-0.2, -0.15) is 0 Å². The molecule has 126 valence electrons. The van der Waals surface area contributed by atoms with E-state index in [2.05, 4.69) is 10.6 Å². The van der Waals surface area contributed by atoms with Crippen molar-refractivity contribution in [2.45, 2.75) is 13.8 Å². The number of anilines is 2. The molecular formula is C18H20N2O4. The minimum Gasteiger partial charge on any atom is -0.496 e. The number of carbonyl (C=O) groups is 2. The van der Waals surface area contributed by atoms with Crippen LogP contribution in [0.1, 0.15) is 22.8 Å². The van der Waals surface area contributed by atoms with E-state index in [0.717, 1.165) is 5.56 Å². The molecule has 2 N–H and O–H groups in total. The summed E-state index contributed by atoms with van der Waals surface area (Å²) in [5.74, 6) is 0.201. The normalized spacial score (nSPS) is 10.0. The maximum atomic E-state index is 12.7. The fourth-order valence-corrected chi connectivity index (χ4v) is 2.32. The van der Waals surface area contributed by atoms with Gasteiger partial charge in [-0.25, -0.2) is 0 Å². The van der Waals surface area contributed by atoms with Gasteiger partial charge < -0.3 is 20.1 Å². The molecule has 0 saturated heterocycles. The lowest BCUT2D eigenvalue weighted by Crippen LogP contribution is -2.17. The first kappa shape index (κ1) is 17.3. The molecule has 0 atom stereocenters. The van der Waals surface area contributed by atoms with Crippen molar-refractivity contribution in [1.82, 2.24) is 0 Å². The Labute approximate surface area is 140 Å². The third-order valence-corrected chi connectivity index (χ3v) is 3.39. The summed E-state index contributed by atoms with van der Waals surface area (Å²) in [6, 6.07) is 10.5.